The highest BCUT2D eigenvalue weighted by Gasteiger charge is 2.53. The van der Waals surface area contributed by atoms with E-state index in [1.54, 1.807) is 0 Å². The minimum absolute atomic E-state index is 0.392. The highest BCUT2D eigenvalue weighted by atomic mass is 16.7. The normalized spacial score (nSPS) is 25.1. The van der Waals surface area contributed by atoms with E-state index in [0.717, 1.165) is 27.7 Å². The Morgan fingerprint density at radius 1 is 0.852 bits per heavy atom. The second kappa shape index (κ2) is 9.86. The minimum atomic E-state index is -1.22. The van der Waals surface area contributed by atoms with Crippen LogP contribution in [0.3, 0.4) is 0 Å². The van der Waals surface area contributed by atoms with Crippen molar-refractivity contribution in [3.05, 3.63) is 0 Å². The highest BCUT2D eigenvalue weighted by molar-refractivity contribution is 5.73. The van der Waals surface area contributed by atoms with Crippen LogP contribution in [0.5, 0.6) is 0 Å². The average molecular weight is 389 g/mol. The van der Waals surface area contributed by atoms with Gasteiger partial charge >= 0.3 is 23.9 Å². The Morgan fingerprint density at radius 2 is 1.41 bits per heavy atom. The quantitative estimate of drug-likeness (QED) is 0.434. The predicted molar refractivity (Wildman–Crippen MR) is 85.8 cm³/mol. The van der Waals surface area contributed by atoms with Gasteiger partial charge in [-0.15, -0.1) is 0 Å². The molecule has 0 bridgehead atoms. The molecular weight excluding hydrogens is 366 g/mol. The molecule has 11 heteroatoms. The molecule has 1 saturated heterocycles. The van der Waals surface area contributed by atoms with E-state index in [2.05, 4.69) is 5.32 Å². The van der Waals surface area contributed by atoms with Gasteiger partial charge in [0.25, 0.3) is 0 Å². The van der Waals surface area contributed by atoms with Crippen molar-refractivity contribution < 1.29 is 47.7 Å². The summed E-state index contributed by atoms with van der Waals surface area (Å²) in [5.41, 5.74) is 0. The summed E-state index contributed by atoms with van der Waals surface area (Å²) in [4.78, 5) is 56.9. The first-order valence-corrected chi connectivity index (χ1v) is 8.08. The lowest BCUT2D eigenvalue weighted by atomic mass is 10.0. The van der Waals surface area contributed by atoms with Gasteiger partial charge in [0.1, 0.15) is 12.7 Å². The summed E-state index contributed by atoms with van der Waals surface area (Å²) >= 11 is 0. The number of carbonyl (C=O) groups excluding carboxylic acids is 5. The molecule has 5 atom stereocenters. The van der Waals surface area contributed by atoms with Crippen molar-refractivity contribution in [3.8, 4) is 0 Å². The zero-order valence-electron chi connectivity index (χ0n) is 15.7. The van der Waals surface area contributed by atoms with Crippen molar-refractivity contribution in [2.45, 2.75) is 65.3 Å². The molecule has 27 heavy (non-hydrogen) atoms. The first-order valence-electron chi connectivity index (χ1n) is 8.08. The lowest BCUT2D eigenvalue weighted by Crippen LogP contribution is -2.48. The van der Waals surface area contributed by atoms with Crippen molar-refractivity contribution in [2.75, 3.05) is 6.61 Å². The van der Waals surface area contributed by atoms with E-state index in [-0.39, 0.29) is 0 Å². The van der Waals surface area contributed by atoms with Gasteiger partial charge < -0.3 is 29.0 Å². The summed E-state index contributed by atoms with van der Waals surface area (Å²) in [5.74, 6) is -3.26. The largest absolute Gasteiger partial charge is 0.462 e. The molecule has 0 aromatic carbocycles. The van der Waals surface area contributed by atoms with Crippen LogP contribution < -0.4 is 5.32 Å². The topological polar surface area (TPSA) is 144 Å². The molecule has 0 aromatic heterocycles. The smallest absolute Gasteiger partial charge is 0.303 e. The molecule has 1 heterocycles. The average Bonchev–Trinajstić information content (AvgIpc) is 2.79. The summed E-state index contributed by atoms with van der Waals surface area (Å²) in [7, 11) is 0. The molecule has 1 aliphatic rings. The zero-order valence-corrected chi connectivity index (χ0v) is 15.7. The van der Waals surface area contributed by atoms with Crippen LogP contribution in [0.25, 0.3) is 0 Å². The van der Waals surface area contributed by atoms with Gasteiger partial charge in [-0.05, 0) is 0 Å². The molecule has 1 amide bonds. The Kier molecular flexibility index (Phi) is 8.16. The van der Waals surface area contributed by atoms with E-state index in [0.29, 0.717) is 0 Å². The second-order valence-corrected chi connectivity index (χ2v) is 5.82. The van der Waals surface area contributed by atoms with Crippen molar-refractivity contribution >= 4 is 29.8 Å². The van der Waals surface area contributed by atoms with Crippen LogP contribution >= 0.6 is 0 Å². The number of nitrogens with one attached hydrogen (secondary N) is 1. The number of rotatable bonds is 7. The van der Waals surface area contributed by atoms with E-state index in [4.69, 9.17) is 23.7 Å². The third-order valence-corrected chi connectivity index (χ3v) is 3.33. The zero-order chi connectivity index (χ0) is 20.7. The van der Waals surface area contributed by atoms with Crippen LogP contribution in [0.1, 0.15) is 34.6 Å². The third kappa shape index (κ3) is 7.21. The molecule has 0 aliphatic carbocycles. The maximum atomic E-state index is 11.5. The van der Waals surface area contributed by atoms with Crippen LogP contribution in [0, 0.1) is 0 Å². The van der Waals surface area contributed by atoms with E-state index >= 15 is 0 Å². The number of esters is 4. The lowest BCUT2D eigenvalue weighted by molar-refractivity contribution is -0.177. The molecule has 0 radical (unpaired) electrons. The SMILES string of the molecule is CC(=O)N[C@H]1O[C@H]([C@@H](COC(C)=O)OC(C)=O)[C@H](OC(C)=O)[C@H]1OC(C)=O. The Morgan fingerprint density at radius 3 is 1.85 bits per heavy atom. The standard InChI is InChI=1S/C16H23NO10/c1-7(18)17-16-15(26-11(5)22)14(25-10(4)21)13(27-16)12(24-9(3)20)6-23-8(2)19/h12-16H,6H2,1-5H3,(H,17,18)/t12-,13-,14+,15-,16+/m1/s1. The second-order valence-electron chi connectivity index (χ2n) is 5.82. The lowest BCUT2D eigenvalue weighted by Gasteiger charge is -2.27. The van der Waals surface area contributed by atoms with E-state index in [1.165, 1.54) is 6.92 Å². The van der Waals surface area contributed by atoms with Crippen molar-refractivity contribution in [3.63, 3.8) is 0 Å². The molecule has 11 nitrogen and oxygen atoms in total. The van der Waals surface area contributed by atoms with Crippen molar-refractivity contribution in [1.29, 1.82) is 0 Å². The number of ether oxygens (including phenoxy) is 5. The Balaban J connectivity index is 3.20. The van der Waals surface area contributed by atoms with Gasteiger partial charge in [0.05, 0.1) is 0 Å². The van der Waals surface area contributed by atoms with Gasteiger partial charge in [-0.3, -0.25) is 24.0 Å². The first-order chi connectivity index (χ1) is 12.5. The molecule has 1 fully saturated rings. The molecule has 0 unspecified atom stereocenters. The molecule has 0 spiro atoms. The molecule has 152 valence electrons. The van der Waals surface area contributed by atoms with Gasteiger partial charge in [-0.1, -0.05) is 0 Å². The first kappa shape index (κ1) is 22.4. The fourth-order valence-corrected chi connectivity index (χ4v) is 2.55. The Bertz CT molecular complexity index is 604. The molecular formula is C16H23NO10. The number of hydrogen-bond donors (Lipinski definition) is 1. The van der Waals surface area contributed by atoms with Gasteiger partial charge in [0, 0.05) is 34.6 Å². The molecule has 1 N–H and O–H groups in total. The summed E-state index contributed by atoms with van der Waals surface area (Å²) in [6, 6.07) is 0. The van der Waals surface area contributed by atoms with Crippen LogP contribution in [0.15, 0.2) is 0 Å². The molecule has 1 aliphatic heterocycles. The highest BCUT2D eigenvalue weighted by Crippen LogP contribution is 2.29. The van der Waals surface area contributed by atoms with Gasteiger partial charge in [-0.25, -0.2) is 0 Å². The van der Waals surface area contributed by atoms with Crippen LogP contribution in [-0.4, -0.2) is 67.0 Å². The van der Waals surface area contributed by atoms with E-state index in [9.17, 15) is 24.0 Å². The van der Waals surface area contributed by atoms with E-state index in [1.807, 2.05) is 0 Å². The fraction of sp³-hybridized carbons (Fsp3) is 0.688. The van der Waals surface area contributed by atoms with E-state index < -0.39 is 67.0 Å². The summed E-state index contributed by atoms with van der Waals surface area (Å²) in [5, 5.41) is 2.43. The molecule has 0 aromatic rings. The Labute approximate surface area is 155 Å². The summed E-state index contributed by atoms with van der Waals surface area (Å²) in [6.45, 7) is 5.37. The van der Waals surface area contributed by atoms with Gasteiger partial charge in [0.2, 0.25) is 5.91 Å². The van der Waals surface area contributed by atoms with Gasteiger partial charge in [0.15, 0.2) is 24.5 Å². The van der Waals surface area contributed by atoms with Crippen LogP contribution in [0.4, 0.5) is 0 Å². The van der Waals surface area contributed by atoms with Crippen molar-refractivity contribution in [1.82, 2.24) is 5.32 Å². The number of carbonyl (C=O) groups is 5. The molecule has 1 rings (SSSR count). The van der Waals surface area contributed by atoms with Crippen LogP contribution in [0.2, 0.25) is 0 Å². The Hall–Kier alpha value is -2.69. The number of hydrogen-bond acceptors (Lipinski definition) is 10. The summed E-state index contributed by atoms with van der Waals surface area (Å²) in [6.07, 6.45) is -5.93. The third-order valence-electron chi connectivity index (χ3n) is 3.33. The maximum Gasteiger partial charge on any atom is 0.303 e. The maximum absolute atomic E-state index is 11.5. The van der Waals surface area contributed by atoms with Crippen molar-refractivity contribution in [2.24, 2.45) is 0 Å². The fourth-order valence-electron chi connectivity index (χ4n) is 2.55. The van der Waals surface area contributed by atoms with Gasteiger partial charge in [-0.2, -0.15) is 0 Å². The summed E-state index contributed by atoms with van der Waals surface area (Å²) < 4.78 is 26.0. The predicted octanol–water partition coefficient (Wildman–Crippen LogP) is -0.794. The monoisotopic (exact) mass is 389 g/mol. The number of amides is 1. The molecule has 0 saturated carbocycles. The minimum Gasteiger partial charge on any atom is -0.462 e. The van der Waals surface area contributed by atoms with Crippen LogP contribution in [-0.2, 0) is 47.7 Å².